The molecule has 138 valence electrons. The third-order valence-electron chi connectivity index (χ3n) is 4.59. The van der Waals surface area contributed by atoms with Gasteiger partial charge in [-0.2, -0.15) is 0 Å². The number of carbonyl (C=O) groups is 1. The highest BCUT2D eigenvalue weighted by molar-refractivity contribution is 6.30. The third kappa shape index (κ3) is 4.96. The zero-order chi connectivity index (χ0) is 18.5. The maximum Gasteiger partial charge on any atom is 0.260 e. The Bertz CT molecular complexity index is 736. The lowest BCUT2D eigenvalue weighted by atomic mass is 10.1. The largest absolute Gasteiger partial charge is 0.484 e. The van der Waals surface area contributed by atoms with Crippen molar-refractivity contribution < 1.29 is 13.9 Å². The van der Waals surface area contributed by atoms with E-state index in [2.05, 4.69) is 11.8 Å². The minimum absolute atomic E-state index is 0.0202. The van der Waals surface area contributed by atoms with Crippen molar-refractivity contribution in [1.82, 2.24) is 9.80 Å². The number of piperazine rings is 1. The summed E-state index contributed by atoms with van der Waals surface area (Å²) in [4.78, 5) is 16.5. The summed E-state index contributed by atoms with van der Waals surface area (Å²) in [6.45, 7) is 4.98. The van der Waals surface area contributed by atoms with E-state index < -0.39 is 0 Å². The highest BCUT2D eigenvalue weighted by Crippen LogP contribution is 2.17. The zero-order valence-electron chi connectivity index (χ0n) is 14.7. The van der Waals surface area contributed by atoms with Crippen LogP contribution in [0.4, 0.5) is 4.39 Å². The highest BCUT2D eigenvalue weighted by atomic mass is 35.5. The van der Waals surface area contributed by atoms with Crippen LogP contribution in [0.15, 0.2) is 48.5 Å². The molecule has 0 radical (unpaired) electrons. The number of hydrogen-bond acceptors (Lipinski definition) is 3. The Morgan fingerprint density at radius 1 is 1.15 bits per heavy atom. The molecular weight excluding hydrogens is 355 g/mol. The van der Waals surface area contributed by atoms with Crippen molar-refractivity contribution in [2.75, 3.05) is 26.2 Å². The number of amides is 1. The van der Waals surface area contributed by atoms with E-state index in [1.165, 1.54) is 12.1 Å². The van der Waals surface area contributed by atoms with Gasteiger partial charge in [-0.1, -0.05) is 23.7 Å². The first-order valence-corrected chi connectivity index (χ1v) is 9.04. The van der Waals surface area contributed by atoms with Gasteiger partial charge in [0, 0.05) is 37.2 Å². The smallest absolute Gasteiger partial charge is 0.260 e. The van der Waals surface area contributed by atoms with Gasteiger partial charge >= 0.3 is 0 Å². The van der Waals surface area contributed by atoms with E-state index in [1.807, 2.05) is 4.90 Å². The lowest BCUT2D eigenvalue weighted by Crippen LogP contribution is -2.54. The number of ether oxygens (including phenoxy) is 1. The van der Waals surface area contributed by atoms with Crippen molar-refractivity contribution in [2.24, 2.45) is 0 Å². The quantitative estimate of drug-likeness (QED) is 0.799. The lowest BCUT2D eigenvalue weighted by Gasteiger charge is -2.39. The fourth-order valence-corrected chi connectivity index (χ4v) is 3.17. The van der Waals surface area contributed by atoms with Crippen molar-refractivity contribution >= 4 is 17.5 Å². The summed E-state index contributed by atoms with van der Waals surface area (Å²) in [5.41, 5.74) is 1.07. The van der Waals surface area contributed by atoms with Gasteiger partial charge in [-0.15, -0.1) is 0 Å². The molecule has 1 aliphatic heterocycles. The predicted octanol–water partition coefficient (Wildman–Crippen LogP) is 3.59. The Morgan fingerprint density at radius 3 is 2.50 bits per heavy atom. The van der Waals surface area contributed by atoms with Crippen LogP contribution in [0.2, 0.25) is 5.02 Å². The van der Waals surface area contributed by atoms with E-state index >= 15 is 0 Å². The predicted molar refractivity (Wildman–Crippen MR) is 99.8 cm³/mol. The molecule has 0 N–H and O–H groups in total. The molecule has 0 unspecified atom stereocenters. The minimum atomic E-state index is -0.224. The van der Waals surface area contributed by atoms with Crippen LogP contribution in [-0.4, -0.2) is 48.0 Å². The maximum atomic E-state index is 13.0. The van der Waals surface area contributed by atoms with Crippen LogP contribution < -0.4 is 4.74 Å². The number of hydrogen-bond donors (Lipinski definition) is 0. The summed E-state index contributed by atoms with van der Waals surface area (Å²) in [6.07, 6.45) is 0. The van der Waals surface area contributed by atoms with Crippen LogP contribution in [0.3, 0.4) is 0 Å². The van der Waals surface area contributed by atoms with Crippen LogP contribution in [0, 0.1) is 5.82 Å². The topological polar surface area (TPSA) is 32.8 Å². The monoisotopic (exact) mass is 376 g/mol. The molecule has 1 saturated heterocycles. The van der Waals surface area contributed by atoms with Gasteiger partial charge in [0.1, 0.15) is 11.6 Å². The first-order chi connectivity index (χ1) is 12.5. The fourth-order valence-electron chi connectivity index (χ4n) is 3.05. The molecule has 0 aromatic heterocycles. The van der Waals surface area contributed by atoms with E-state index in [4.69, 9.17) is 16.3 Å². The second-order valence-electron chi connectivity index (χ2n) is 6.53. The van der Waals surface area contributed by atoms with E-state index in [0.717, 1.165) is 18.7 Å². The number of rotatable bonds is 5. The first kappa shape index (κ1) is 18.7. The van der Waals surface area contributed by atoms with Gasteiger partial charge in [-0.25, -0.2) is 4.39 Å². The third-order valence-corrected chi connectivity index (χ3v) is 4.84. The molecule has 0 saturated carbocycles. The Morgan fingerprint density at radius 2 is 1.85 bits per heavy atom. The van der Waals surface area contributed by atoms with Crippen molar-refractivity contribution in [3.05, 3.63) is 64.9 Å². The van der Waals surface area contributed by atoms with E-state index in [0.29, 0.717) is 23.9 Å². The second kappa shape index (κ2) is 8.52. The Labute approximate surface area is 158 Å². The summed E-state index contributed by atoms with van der Waals surface area (Å²) in [5, 5.41) is 0.634. The Balaban J connectivity index is 1.48. The molecule has 0 bridgehead atoms. The van der Waals surface area contributed by atoms with Crippen molar-refractivity contribution in [3.8, 4) is 5.75 Å². The van der Waals surface area contributed by atoms with Crippen LogP contribution in [0.5, 0.6) is 5.75 Å². The fraction of sp³-hybridized carbons (Fsp3) is 0.350. The highest BCUT2D eigenvalue weighted by Gasteiger charge is 2.26. The van der Waals surface area contributed by atoms with Crippen molar-refractivity contribution in [1.29, 1.82) is 0 Å². The van der Waals surface area contributed by atoms with Crippen molar-refractivity contribution in [2.45, 2.75) is 19.5 Å². The van der Waals surface area contributed by atoms with Gasteiger partial charge in [0.2, 0.25) is 0 Å². The normalized spacial score (nSPS) is 18.0. The first-order valence-electron chi connectivity index (χ1n) is 8.66. The lowest BCUT2D eigenvalue weighted by molar-refractivity contribution is -0.136. The molecule has 1 fully saturated rings. The molecule has 1 atom stereocenters. The summed E-state index contributed by atoms with van der Waals surface area (Å²) in [5.74, 6) is 0.386. The number of nitrogens with zero attached hydrogens (tertiary/aromatic N) is 2. The van der Waals surface area contributed by atoms with Gasteiger partial charge in [-0.05, 0) is 48.9 Å². The number of carbonyl (C=O) groups excluding carboxylic acids is 1. The summed E-state index contributed by atoms with van der Waals surface area (Å²) in [6, 6.07) is 13.8. The molecule has 3 rings (SSSR count). The van der Waals surface area contributed by atoms with Gasteiger partial charge in [0.15, 0.2) is 6.61 Å². The van der Waals surface area contributed by atoms with E-state index in [-0.39, 0.29) is 24.4 Å². The molecule has 1 amide bonds. The molecular formula is C20H22ClFN2O2. The van der Waals surface area contributed by atoms with Gasteiger partial charge in [-0.3, -0.25) is 9.69 Å². The maximum absolute atomic E-state index is 13.0. The molecule has 2 aromatic carbocycles. The average molecular weight is 377 g/mol. The van der Waals surface area contributed by atoms with Gasteiger partial charge in [0.25, 0.3) is 5.91 Å². The van der Waals surface area contributed by atoms with Crippen LogP contribution >= 0.6 is 11.6 Å². The molecule has 0 spiro atoms. The average Bonchev–Trinajstić information content (AvgIpc) is 2.64. The summed E-state index contributed by atoms with van der Waals surface area (Å²) < 4.78 is 18.6. The Hall–Kier alpha value is -2.11. The van der Waals surface area contributed by atoms with Crippen molar-refractivity contribution in [3.63, 3.8) is 0 Å². The zero-order valence-corrected chi connectivity index (χ0v) is 15.5. The second-order valence-corrected chi connectivity index (χ2v) is 6.96. The summed E-state index contributed by atoms with van der Waals surface area (Å²) in [7, 11) is 0. The molecule has 4 nitrogen and oxygen atoms in total. The van der Waals surface area contributed by atoms with E-state index in [9.17, 15) is 9.18 Å². The van der Waals surface area contributed by atoms with Gasteiger partial charge in [0.05, 0.1) is 0 Å². The molecule has 1 heterocycles. The van der Waals surface area contributed by atoms with E-state index in [1.54, 1.807) is 36.4 Å². The van der Waals surface area contributed by atoms with Crippen LogP contribution in [0.25, 0.3) is 0 Å². The molecule has 6 heteroatoms. The molecule has 2 aromatic rings. The standard InChI is InChI=1S/C20H22ClFN2O2/c1-15-12-24(20(25)14-26-19-8-4-17(21)5-9-19)11-10-23(15)13-16-2-6-18(22)7-3-16/h2-9,15H,10-14H2,1H3/t15-/m1/s1. The van der Waals surface area contributed by atoms with Gasteiger partial charge < -0.3 is 9.64 Å². The summed E-state index contributed by atoms with van der Waals surface area (Å²) >= 11 is 5.84. The minimum Gasteiger partial charge on any atom is -0.484 e. The van der Waals surface area contributed by atoms with Crippen LogP contribution in [0.1, 0.15) is 12.5 Å². The number of benzene rings is 2. The van der Waals surface area contributed by atoms with Crippen LogP contribution in [-0.2, 0) is 11.3 Å². The SMILES string of the molecule is C[C@@H]1CN(C(=O)COc2ccc(Cl)cc2)CCN1Cc1ccc(F)cc1. The Kier molecular flexibility index (Phi) is 6.12. The molecule has 1 aliphatic rings. The number of halogens is 2. The molecule has 26 heavy (non-hydrogen) atoms. The molecule has 0 aliphatic carbocycles.